The van der Waals surface area contributed by atoms with Crippen LogP contribution in [0, 0.1) is 0 Å². The van der Waals surface area contributed by atoms with Crippen LogP contribution in [-0.2, 0) is 9.53 Å². The number of halogens is 7. The molecule has 0 fully saturated rings. The minimum atomic E-state index is -6.02. The van der Waals surface area contributed by atoms with Crippen LogP contribution in [0.2, 0.25) is 0 Å². The molecular formula is C7H5F7O2. The van der Waals surface area contributed by atoms with Crippen molar-refractivity contribution in [3.8, 4) is 0 Å². The SMILES string of the molecule is CCOC(=O)C(F)(F)C(=C(F)F)C(F)(F)F. The molecule has 0 bridgehead atoms. The molecule has 0 N–H and O–H groups in total. The van der Waals surface area contributed by atoms with E-state index in [1.54, 1.807) is 0 Å². The first-order valence-electron chi connectivity index (χ1n) is 3.73. The summed E-state index contributed by atoms with van der Waals surface area (Å²) in [5, 5.41) is 0. The van der Waals surface area contributed by atoms with Crippen LogP contribution in [0.4, 0.5) is 30.7 Å². The highest BCUT2D eigenvalue weighted by Crippen LogP contribution is 2.41. The van der Waals surface area contributed by atoms with Crippen molar-refractivity contribution in [2.75, 3.05) is 6.61 Å². The van der Waals surface area contributed by atoms with Gasteiger partial charge in [-0.2, -0.15) is 30.7 Å². The van der Waals surface area contributed by atoms with Crippen LogP contribution in [0.1, 0.15) is 6.92 Å². The zero-order valence-corrected chi connectivity index (χ0v) is 7.67. The van der Waals surface area contributed by atoms with E-state index in [9.17, 15) is 35.5 Å². The summed E-state index contributed by atoms with van der Waals surface area (Å²) in [6.45, 7) is 0.379. The molecule has 0 saturated carbocycles. The van der Waals surface area contributed by atoms with Gasteiger partial charge in [0.25, 0.3) is 6.08 Å². The fraction of sp³-hybridized carbons (Fsp3) is 0.571. The summed E-state index contributed by atoms with van der Waals surface area (Å²) in [4.78, 5) is 10.4. The Morgan fingerprint density at radius 1 is 1.12 bits per heavy atom. The zero-order valence-electron chi connectivity index (χ0n) is 7.67. The topological polar surface area (TPSA) is 26.3 Å². The molecule has 0 aromatic heterocycles. The Labute approximate surface area is 84.7 Å². The lowest BCUT2D eigenvalue weighted by Gasteiger charge is -2.18. The summed E-state index contributed by atoms with van der Waals surface area (Å²) in [5.74, 6) is -8.09. The Morgan fingerprint density at radius 3 is 1.81 bits per heavy atom. The van der Waals surface area contributed by atoms with Gasteiger partial charge in [-0.3, -0.25) is 0 Å². The average Bonchev–Trinajstić information content (AvgIpc) is 1.99. The van der Waals surface area contributed by atoms with E-state index >= 15 is 0 Å². The number of hydrogen-bond acceptors (Lipinski definition) is 2. The predicted octanol–water partition coefficient (Wildman–Crippen LogP) is 2.90. The van der Waals surface area contributed by atoms with Gasteiger partial charge in [0.05, 0.1) is 6.61 Å². The average molecular weight is 254 g/mol. The number of rotatable bonds is 3. The predicted molar refractivity (Wildman–Crippen MR) is 36.9 cm³/mol. The molecule has 0 heterocycles. The molecule has 16 heavy (non-hydrogen) atoms. The number of esters is 1. The van der Waals surface area contributed by atoms with Crippen LogP contribution in [0.15, 0.2) is 11.7 Å². The lowest BCUT2D eigenvalue weighted by Crippen LogP contribution is -2.39. The van der Waals surface area contributed by atoms with Crippen molar-refractivity contribution in [2.24, 2.45) is 0 Å². The van der Waals surface area contributed by atoms with Crippen molar-refractivity contribution in [1.82, 2.24) is 0 Å². The molecule has 0 rings (SSSR count). The molecule has 0 spiro atoms. The molecular weight excluding hydrogens is 249 g/mol. The molecule has 0 atom stereocenters. The van der Waals surface area contributed by atoms with Crippen molar-refractivity contribution in [1.29, 1.82) is 0 Å². The largest absolute Gasteiger partial charge is 0.461 e. The molecule has 0 saturated heterocycles. The van der Waals surface area contributed by atoms with Crippen molar-refractivity contribution >= 4 is 5.97 Å². The van der Waals surface area contributed by atoms with Gasteiger partial charge in [0.2, 0.25) is 0 Å². The molecule has 2 nitrogen and oxygen atoms in total. The quantitative estimate of drug-likeness (QED) is 0.571. The van der Waals surface area contributed by atoms with Gasteiger partial charge in [-0.15, -0.1) is 0 Å². The van der Waals surface area contributed by atoms with Gasteiger partial charge in [-0.25, -0.2) is 4.79 Å². The van der Waals surface area contributed by atoms with Crippen LogP contribution in [-0.4, -0.2) is 24.7 Å². The van der Waals surface area contributed by atoms with E-state index in [4.69, 9.17) is 0 Å². The second-order valence-corrected chi connectivity index (χ2v) is 2.43. The highest BCUT2D eigenvalue weighted by Gasteiger charge is 2.59. The van der Waals surface area contributed by atoms with E-state index in [-0.39, 0.29) is 0 Å². The summed E-state index contributed by atoms with van der Waals surface area (Å²) in [5.41, 5.74) is -3.50. The maximum absolute atomic E-state index is 12.7. The van der Waals surface area contributed by atoms with E-state index in [1.165, 1.54) is 0 Å². The van der Waals surface area contributed by atoms with E-state index in [1.807, 2.05) is 0 Å². The van der Waals surface area contributed by atoms with Crippen LogP contribution in [0.25, 0.3) is 0 Å². The molecule has 0 amide bonds. The Hall–Kier alpha value is -1.28. The highest BCUT2D eigenvalue weighted by atomic mass is 19.4. The van der Waals surface area contributed by atoms with Crippen LogP contribution >= 0.6 is 0 Å². The minimum absolute atomic E-state index is 0.659. The normalized spacial score (nSPS) is 12.2. The second kappa shape index (κ2) is 4.71. The molecule has 0 aliphatic heterocycles. The van der Waals surface area contributed by atoms with Gasteiger partial charge in [-0.05, 0) is 6.92 Å². The minimum Gasteiger partial charge on any atom is -0.461 e. The maximum atomic E-state index is 12.7. The maximum Gasteiger partial charge on any atom is 0.424 e. The standard InChI is InChI=1S/C7H5F7O2/c1-2-16-5(15)6(10,11)3(4(8)9)7(12,13)14/h2H2,1H3. The van der Waals surface area contributed by atoms with Crippen molar-refractivity contribution < 1.29 is 40.3 Å². The lowest BCUT2D eigenvalue weighted by atomic mass is 10.1. The summed E-state index contributed by atoms with van der Waals surface area (Å²) >= 11 is 0. The van der Waals surface area contributed by atoms with Gasteiger partial charge >= 0.3 is 18.1 Å². The third-order valence-electron chi connectivity index (χ3n) is 1.32. The first-order chi connectivity index (χ1) is 7.05. The zero-order chi connectivity index (χ0) is 13.1. The Kier molecular flexibility index (Phi) is 4.33. The molecule has 94 valence electrons. The number of ether oxygens (including phenoxy) is 1. The summed E-state index contributed by atoms with van der Waals surface area (Å²) in [7, 11) is 0. The number of alkyl halides is 5. The summed E-state index contributed by atoms with van der Waals surface area (Å²) in [6.07, 6.45) is -9.69. The molecule has 0 aromatic carbocycles. The third kappa shape index (κ3) is 3.11. The second-order valence-electron chi connectivity index (χ2n) is 2.43. The van der Waals surface area contributed by atoms with Crippen LogP contribution in [0.5, 0.6) is 0 Å². The Balaban J connectivity index is 5.41. The monoisotopic (exact) mass is 254 g/mol. The Bertz CT molecular complexity index is 300. The van der Waals surface area contributed by atoms with Gasteiger partial charge in [0.1, 0.15) is 0 Å². The van der Waals surface area contributed by atoms with E-state index in [0.717, 1.165) is 6.92 Å². The molecule has 0 radical (unpaired) electrons. The summed E-state index contributed by atoms with van der Waals surface area (Å²) in [6, 6.07) is 0. The van der Waals surface area contributed by atoms with Gasteiger partial charge in [-0.1, -0.05) is 0 Å². The number of carbonyl (C=O) groups excluding carboxylic acids is 1. The van der Waals surface area contributed by atoms with Gasteiger partial charge in [0, 0.05) is 0 Å². The summed E-state index contributed by atoms with van der Waals surface area (Å²) < 4.78 is 88.0. The fourth-order valence-corrected chi connectivity index (χ4v) is 0.728. The molecule has 9 heteroatoms. The van der Waals surface area contributed by atoms with Crippen molar-refractivity contribution in [2.45, 2.75) is 19.0 Å². The Morgan fingerprint density at radius 2 is 1.56 bits per heavy atom. The number of hydrogen-bond donors (Lipinski definition) is 0. The first kappa shape index (κ1) is 14.7. The van der Waals surface area contributed by atoms with E-state index in [2.05, 4.69) is 4.74 Å². The van der Waals surface area contributed by atoms with Crippen molar-refractivity contribution in [3.05, 3.63) is 11.7 Å². The van der Waals surface area contributed by atoms with Crippen LogP contribution in [0.3, 0.4) is 0 Å². The highest BCUT2D eigenvalue weighted by molar-refractivity contribution is 5.82. The molecule has 0 aliphatic carbocycles. The molecule has 0 aliphatic rings. The molecule has 0 unspecified atom stereocenters. The first-order valence-corrected chi connectivity index (χ1v) is 3.73. The van der Waals surface area contributed by atoms with Gasteiger partial charge < -0.3 is 4.74 Å². The molecule has 0 aromatic rings. The fourth-order valence-electron chi connectivity index (χ4n) is 0.728. The number of carbonyl (C=O) groups is 1. The third-order valence-corrected chi connectivity index (χ3v) is 1.32. The van der Waals surface area contributed by atoms with Gasteiger partial charge in [0.15, 0.2) is 5.57 Å². The van der Waals surface area contributed by atoms with E-state index < -0.39 is 36.3 Å². The van der Waals surface area contributed by atoms with Crippen LogP contribution < -0.4 is 0 Å². The smallest absolute Gasteiger partial charge is 0.424 e. The lowest BCUT2D eigenvalue weighted by molar-refractivity contribution is -0.180. The van der Waals surface area contributed by atoms with Crippen molar-refractivity contribution in [3.63, 3.8) is 0 Å². The van der Waals surface area contributed by atoms with E-state index in [0.29, 0.717) is 0 Å².